The average Bonchev–Trinajstić information content (AvgIpc) is 3.31. The number of fused-ring (bicyclic) bond motifs is 1. The summed E-state index contributed by atoms with van der Waals surface area (Å²) in [5, 5.41) is 12.0. The van der Waals surface area contributed by atoms with Crippen LogP contribution in [0.15, 0.2) is 36.4 Å². The third kappa shape index (κ3) is 6.65. The summed E-state index contributed by atoms with van der Waals surface area (Å²) in [6.45, 7) is 3.71. The Morgan fingerprint density at radius 2 is 1.88 bits per heavy atom. The largest absolute Gasteiger partial charge is 0.344 e. The molecule has 2 atom stereocenters. The van der Waals surface area contributed by atoms with Crippen molar-refractivity contribution in [1.29, 1.82) is 0 Å². The van der Waals surface area contributed by atoms with Crippen molar-refractivity contribution < 1.29 is 24.0 Å². The van der Waals surface area contributed by atoms with Crippen molar-refractivity contribution in [3.63, 3.8) is 0 Å². The van der Waals surface area contributed by atoms with E-state index in [1.54, 1.807) is 18.2 Å². The van der Waals surface area contributed by atoms with E-state index in [1.165, 1.54) is 4.90 Å². The van der Waals surface area contributed by atoms with E-state index in [1.807, 2.05) is 25.1 Å². The van der Waals surface area contributed by atoms with E-state index < -0.39 is 18.0 Å². The molecule has 2 aromatic carbocycles. The number of nitrogens with one attached hydrogen (secondary N) is 4. The van der Waals surface area contributed by atoms with Crippen molar-refractivity contribution in [2.45, 2.75) is 70.5 Å². The first-order valence-electron chi connectivity index (χ1n) is 14.5. The molecule has 3 heterocycles. The lowest BCUT2D eigenvalue weighted by Gasteiger charge is -2.29. The van der Waals surface area contributed by atoms with Crippen LogP contribution in [0.3, 0.4) is 0 Å². The lowest BCUT2D eigenvalue weighted by molar-refractivity contribution is -0.137. The fourth-order valence-corrected chi connectivity index (χ4v) is 6.10. The maximum atomic E-state index is 13.4. The van der Waals surface area contributed by atoms with Gasteiger partial charge in [-0.2, -0.15) is 0 Å². The molecule has 0 spiro atoms. The summed E-state index contributed by atoms with van der Waals surface area (Å²) in [6, 6.07) is 9.42. The first kappa shape index (κ1) is 29.7. The smallest absolute Gasteiger partial charge is 0.255 e. The van der Waals surface area contributed by atoms with Gasteiger partial charge in [-0.05, 0) is 93.4 Å². The minimum absolute atomic E-state index is 0.121. The number of benzene rings is 2. The second-order valence-corrected chi connectivity index (χ2v) is 11.7. The Hall–Kier alpha value is -3.76. The number of rotatable bonds is 9. The molecule has 42 heavy (non-hydrogen) atoms. The lowest BCUT2D eigenvalue weighted by Crippen LogP contribution is -2.52. The molecule has 5 amide bonds. The lowest BCUT2D eigenvalue weighted by atomic mass is 9.95. The number of halogens is 1. The number of aryl methyl sites for hydroxylation is 2. The Kier molecular flexibility index (Phi) is 9.23. The van der Waals surface area contributed by atoms with Crippen molar-refractivity contribution in [3.05, 3.63) is 63.7 Å². The number of anilines is 1. The molecule has 0 aliphatic carbocycles. The Labute approximate surface area is 249 Å². The third-order valence-electron chi connectivity index (χ3n) is 8.40. The predicted octanol–water partition coefficient (Wildman–Crippen LogP) is 2.86. The van der Waals surface area contributed by atoms with E-state index in [-0.39, 0.29) is 36.0 Å². The van der Waals surface area contributed by atoms with Crippen molar-refractivity contribution >= 4 is 46.8 Å². The zero-order valence-corrected chi connectivity index (χ0v) is 24.4. The summed E-state index contributed by atoms with van der Waals surface area (Å²) in [5.74, 6) is -1.56. The second-order valence-electron chi connectivity index (χ2n) is 11.3. The molecule has 3 aliphatic rings. The molecule has 2 aromatic rings. The maximum Gasteiger partial charge on any atom is 0.255 e. The Bertz CT molecular complexity index is 1410. The average molecular weight is 594 g/mol. The number of amides is 5. The van der Waals surface area contributed by atoms with Crippen LogP contribution in [-0.2, 0) is 32.1 Å². The van der Waals surface area contributed by atoms with E-state index in [9.17, 15) is 24.0 Å². The molecule has 2 fully saturated rings. The van der Waals surface area contributed by atoms with Crippen LogP contribution in [-0.4, -0.2) is 59.6 Å². The highest BCUT2D eigenvalue weighted by Gasteiger charge is 2.39. The van der Waals surface area contributed by atoms with E-state index >= 15 is 0 Å². The molecule has 0 saturated carbocycles. The van der Waals surface area contributed by atoms with Crippen LogP contribution in [0.4, 0.5) is 5.69 Å². The van der Waals surface area contributed by atoms with Crippen LogP contribution in [0.25, 0.3) is 0 Å². The molecule has 0 radical (unpaired) electrons. The second kappa shape index (κ2) is 13.0. The molecule has 2 saturated heterocycles. The van der Waals surface area contributed by atoms with Gasteiger partial charge in [0.2, 0.25) is 23.6 Å². The molecule has 222 valence electrons. The van der Waals surface area contributed by atoms with Gasteiger partial charge < -0.3 is 20.9 Å². The van der Waals surface area contributed by atoms with Gasteiger partial charge in [-0.15, -0.1) is 0 Å². The molecule has 11 heteroatoms. The molecule has 3 aliphatic heterocycles. The quantitative estimate of drug-likeness (QED) is 0.330. The minimum atomic E-state index is -0.745. The molecular formula is C31H36ClN5O5. The van der Waals surface area contributed by atoms with Crippen LogP contribution in [0, 0.1) is 12.8 Å². The molecular weight excluding hydrogens is 558 g/mol. The van der Waals surface area contributed by atoms with Gasteiger partial charge in [-0.1, -0.05) is 29.8 Å². The first-order chi connectivity index (χ1) is 20.2. The van der Waals surface area contributed by atoms with Crippen LogP contribution >= 0.6 is 11.6 Å². The van der Waals surface area contributed by atoms with Gasteiger partial charge >= 0.3 is 0 Å². The van der Waals surface area contributed by atoms with Gasteiger partial charge in [0.1, 0.15) is 12.1 Å². The van der Waals surface area contributed by atoms with Crippen LogP contribution in [0.2, 0.25) is 5.02 Å². The molecule has 10 nitrogen and oxygen atoms in total. The van der Waals surface area contributed by atoms with Gasteiger partial charge in [0.05, 0.1) is 0 Å². The summed E-state index contributed by atoms with van der Waals surface area (Å²) in [6.07, 6.45) is 3.52. The number of carbonyl (C=O) groups excluding carboxylic acids is 5. The van der Waals surface area contributed by atoms with Gasteiger partial charge in [0, 0.05) is 35.2 Å². The predicted molar refractivity (Wildman–Crippen MR) is 158 cm³/mol. The summed E-state index contributed by atoms with van der Waals surface area (Å²) in [7, 11) is 0. The highest BCUT2D eigenvalue weighted by atomic mass is 35.5. The molecule has 0 aromatic heterocycles. The van der Waals surface area contributed by atoms with Crippen molar-refractivity contribution in [1.82, 2.24) is 20.9 Å². The molecule has 5 rings (SSSR count). The molecule has 4 N–H and O–H groups in total. The summed E-state index contributed by atoms with van der Waals surface area (Å²) >= 11 is 6.25. The van der Waals surface area contributed by atoms with Crippen LogP contribution in [0.5, 0.6) is 0 Å². The number of piperidine rings is 2. The fraction of sp³-hybridized carbons (Fsp3) is 0.452. The highest BCUT2D eigenvalue weighted by Crippen LogP contribution is 2.31. The van der Waals surface area contributed by atoms with Crippen molar-refractivity contribution in [2.24, 2.45) is 5.92 Å². The van der Waals surface area contributed by atoms with E-state index in [2.05, 4.69) is 21.3 Å². The monoisotopic (exact) mass is 593 g/mol. The standard InChI is InChI=1S/C31H36ClN5O5/c1-18-8-9-21(16-24(18)32)34-29(40)25(35-28(39)20-12-14-33-15-13-20)7-3-5-19-4-2-6-22-23(19)17-37(31(22)42)26-10-11-27(38)36-30(26)41/h2,4,6,8-9,16,20,25-26,33H,3,5,7,10-15,17H2,1H3,(H,34,40)(H,35,39)(H,36,38,41). The number of nitrogens with zero attached hydrogens (tertiary/aromatic N) is 1. The fourth-order valence-electron chi connectivity index (χ4n) is 5.92. The normalized spacial score (nSPS) is 19.7. The molecule has 0 bridgehead atoms. The van der Waals surface area contributed by atoms with Gasteiger partial charge in [-0.3, -0.25) is 29.3 Å². The molecule has 2 unspecified atom stereocenters. The Morgan fingerprint density at radius 1 is 1.10 bits per heavy atom. The summed E-state index contributed by atoms with van der Waals surface area (Å²) in [5.41, 5.74) is 3.84. The maximum absolute atomic E-state index is 13.4. The number of carbonyl (C=O) groups is 5. The van der Waals surface area contributed by atoms with Crippen molar-refractivity contribution in [2.75, 3.05) is 18.4 Å². The topological polar surface area (TPSA) is 137 Å². The third-order valence-corrected chi connectivity index (χ3v) is 8.81. The zero-order valence-electron chi connectivity index (χ0n) is 23.6. The van der Waals surface area contributed by atoms with Crippen LogP contribution < -0.4 is 21.3 Å². The summed E-state index contributed by atoms with van der Waals surface area (Å²) in [4.78, 5) is 65.2. The van der Waals surface area contributed by atoms with Gasteiger partial charge in [0.15, 0.2) is 0 Å². The zero-order chi connectivity index (χ0) is 29.8. The SMILES string of the molecule is Cc1ccc(NC(=O)C(CCCc2cccc3c2CN(C2CCC(=O)NC2=O)C3=O)NC(=O)C2CCNCC2)cc1Cl. The minimum Gasteiger partial charge on any atom is -0.344 e. The van der Waals surface area contributed by atoms with E-state index in [0.29, 0.717) is 48.5 Å². The highest BCUT2D eigenvalue weighted by molar-refractivity contribution is 6.31. The number of hydrogen-bond acceptors (Lipinski definition) is 6. The van der Waals surface area contributed by atoms with E-state index in [0.717, 1.165) is 42.6 Å². The van der Waals surface area contributed by atoms with E-state index in [4.69, 9.17) is 11.6 Å². The Balaban J connectivity index is 1.26. The van der Waals surface area contributed by atoms with Crippen LogP contribution in [0.1, 0.15) is 65.6 Å². The van der Waals surface area contributed by atoms with Gasteiger partial charge in [0.25, 0.3) is 5.91 Å². The number of imide groups is 1. The van der Waals surface area contributed by atoms with Gasteiger partial charge in [-0.25, -0.2) is 0 Å². The number of hydrogen-bond donors (Lipinski definition) is 4. The first-order valence-corrected chi connectivity index (χ1v) is 14.9. The Morgan fingerprint density at radius 3 is 2.62 bits per heavy atom. The van der Waals surface area contributed by atoms with Crippen molar-refractivity contribution in [3.8, 4) is 0 Å². The summed E-state index contributed by atoms with van der Waals surface area (Å²) < 4.78 is 0.